The number of anilines is 1. The maximum absolute atomic E-state index is 12.1. The summed E-state index contributed by atoms with van der Waals surface area (Å²) in [6, 6.07) is 8.98. The van der Waals surface area contributed by atoms with Crippen molar-refractivity contribution in [2.75, 3.05) is 24.5 Å². The molecule has 1 fully saturated rings. The zero-order valence-electron chi connectivity index (χ0n) is 13.1. The summed E-state index contributed by atoms with van der Waals surface area (Å²) in [5.41, 5.74) is 2.53. The molecule has 20 heavy (non-hydrogen) atoms. The minimum absolute atomic E-state index is 0.234. The van der Waals surface area contributed by atoms with Crippen molar-refractivity contribution < 1.29 is 4.79 Å². The van der Waals surface area contributed by atoms with Gasteiger partial charge in [-0.3, -0.25) is 4.79 Å². The number of rotatable bonds is 4. The average Bonchev–Trinajstić information content (AvgIpc) is 2.38. The van der Waals surface area contributed by atoms with E-state index in [0.29, 0.717) is 18.5 Å². The van der Waals surface area contributed by atoms with Crippen LogP contribution >= 0.6 is 0 Å². The van der Waals surface area contributed by atoms with Crippen molar-refractivity contribution >= 4 is 11.6 Å². The van der Waals surface area contributed by atoms with E-state index < -0.39 is 0 Å². The molecule has 0 aliphatic carbocycles. The third kappa shape index (κ3) is 3.53. The van der Waals surface area contributed by atoms with Gasteiger partial charge in [0.15, 0.2) is 0 Å². The first kappa shape index (κ1) is 14.9. The Labute approximate surface area is 122 Å². The van der Waals surface area contributed by atoms with Crippen molar-refractivity contribution in [1.29, 1.82) is 0 Å². The molecular weight excluding hydrogens is 248 g/mol. The average molecular weight is 274 g/mol. The number of hydrogen-bond acceptors (Lipinski definition) is 2. The Morgan fingerprint density at radius 1 is 1.05 bits per heavy atom. The summed E-state index contributed by atoms with van der Waals surface area (Å²) in [6.45, 7) is 10.9. The number of piperazine rings is 1. The fourth-order valence-electron chi connectivity index (χ4n) is 2.77. The van der Waals surface area contributed by atoms with Crippen molar-refractivity contribution in [3.8, 4) is 0 Å². The standard InChI is InChI=1S/C17H26N2O/c1-13(2)11-15-5-7-16(8-6-15)18-9-10-19(14(3)4)17(20)12-18/h5-8,13-14H,9-12H2,1-4H3. The molecule has 1 saturated heterocycles. The zero-order valence-corrected chi connectivity index (χ0v) is 13.1. The number of hydrogen-bond donors (Lipinski definition) is 0. The fourth-order valence-corrected chi connectivity index (χ4v) is 2.77. The quantitative estimate of drug-likeness (QED) is 0.843. The molecule has 0 radical (unpaired) electrons. The molecule has 0 atom stereocenters. The second-order valence-electron chi connectivity index (χ2n) is 6.37. The Morgan fingerprint density at radius 2 is 1.70 bits per heavy atom. The largest absolute Gasteiger partial charge is 0.360 e. The molecule has 2 rings (SSSR count). The lowest BCUT2D eigenvalue weighted by Gasteiger charge is -2.37. The predicted molar refractivity (Wildman–Crippen MR) is 84.0 cm³/mol. The molecule has 0 bridgehead atoms. The van der Waals surface area contributed by atoms with Gasteiger partial charge in [-0.1, -0.05) is 26.0 Å². The zero-order chi connectivity index (χ0) is 14.7. The molecule has 3 heteroatoms. The molecular formula is C17H26N2O. The highest BCUT2D eigenvalue weighted by atomic mass is 16.2. The second kappa shape index (κ2) is 6.29. The highest BCUT2D eigenvalue weighted by Crippen LogP contribution is 2.19. The molecule has 1 aromatic rings. The van der Waals surface area contributed by atoms with E-state index in [9.17, 15) is 4.79 Å². The van der Waals surface area contributed by atoms with E-state index in [1.165, 1.54) is 5.56 Å². The summed E-state index contributed by atoms with van der Waals surface area (Å²) in [5.74, 6) is 0.912. The van der Waals surface area contributed by atoms with Crippen molar-refractivity contribution in [1.82, 2.24) is 4.90 Å². The third-order valence-corrected chi connectivity index (χ3v) is 3.83. The monoisotopic (exact) mass is 274 g/mol. The van der Waals surface area contributed by atoms with Crippen LogP contribution < -0.4 is 4.90 Å². The molecule has 3 nitrogen and oxygen atoms in total. The lowest BCUT2D eigenvalue weighted by Crippen LogP contribution is -2.52. The van der Waals surface area contributed by atoms with Crippen LogP contribution in [-0.4, -0.2) is 36.5 Å². The fraction of sp³-hybridized carbons (Fsp3) is 0.588. The van der Waals surface area contributed by atoms with Crippen molar-refractivity contribution in [2.24, 2.45) is 5.92 Å². The van der Waals surface area contributed by atoms with E-state index in [-0.39, 0.29) is 5.91 Å². The van der Waals surface area contributed by atoms with Crippen molar-refractivity contribution in [3.63, 3.8) is 0 Å². The van der Waals surface area contributed by atoms with Crippen molar-refractivity contribution in [3.05, 3.63) is 29.8 Å². The highest BCUT2D eigenvalue weighted by Gasteiger charge is 2.25. The highest BCUT2D eigenvalue weighted by molar-refractivity contribution is 5.83. The van der Waals surface area contributed by atoms with Gasteiger partial charge in [0.1, 0.15) is 0 Å². The van der Waals surface area contributed by atoms with Gasteiger partial charge in [0, 0.05) is 24.8 Å². The first-order valence-corrected chi connectivity index (χ1v) is 7.60. The number of nitrogens with zero attached hydrogens (tertiary/aromatic N) is 2. The Hall–Kier alpha value is -1.51. The molecule has 1 heterocycles. The van der Waals surface area contributed by atoms with Crippen LogP contribution in [0.4, 0.5) is 5.69 Å². The molecule has 0 aromatic heterocycles. The number of amides is 1. The van der Waals surface area contributed by atoms with Crippen LogP contribution in [-0.2, 0) is 11.2 Å². The van der Waals surface area contributed by atoms with Gasteiger partial charge in [0.05, 0.1) is 6.54 Å². The van der Waals surface area contributed by atoms with E-state index in [2.05, 4.69) is 56.9 Å². The SMILES string of the molecule is CC(C)Cc1ccc(N2CCN(C(C)C)C(=O)C2)cc1. The van der Waals surface area contributed by atoms with E-state index in [0.717, 1.165) is 25.2 Å². The Morgan fingerprint density at radius 3 is 2.20 bits per heavy atom. The van der Waals surface area contributed by atoms with E-state index in [1.807, 2.05) is 4.90 Å². The lowest BCUT2D eigenvalue weighted by molar-refractivity contribution is -0.132. The van der Waals surface area contributed by atoms with Gasteiger partial charge in [0.2, 0.25) is 5.91 Å². The van der Waals surface area contributed by atoms with E-state index in [1.54, 1.807) is 0 Å². The predicted octanol–water partition coefficient (Wildman–Crippen LogP) is 2.94. The maximum Gasteiger partial charge on any atom is 0.242 e. The second-order valence-corrected chi connectivity index (χ2v) is 6.37. The Balaban J connectivity index is 2.01. The smallest absolute Gasteiger partial charge is 0.242 e. The van der Waals surface area contributed by atoms with Gasteiger partial charge >= 0.3 is 0 Å². The topological polar surface area (TPSA) is 23.6 Å². The van der Waals surface area contributed by atoms with Gasteiger partial charge in [-0.15, -0.1) is 0 Å². The van der Waals surface area contributed by atoms with Crippen LogP contribution in [0.3, 0.4) is 0 Å². The van der Waals surface area contributed by atoms with Crippen LogP contribution in [0.5, 0.6) is 0 Å². The first-order chi connectivity index (χ1) is 9.47. The summed E-state index contributed by atoms with van der Waals surface area (Å²) in [6.07, 6.45) is 1.11. The molecule has 110 valence electrons. The molecule has 1 aromatic carbocycles. The Kier molecular flexibility index (Phi) is 4.69. The van der Waals surface area contributed by atoms with Crippen LogP contribution in [0.1, 0.15) is 33.3 Å². The minimum Gasteiger partial charge on any atom is -0.360 e. The number of carbonyl (C=O) groups excluding carboxylic acids is 1. The van der Waals surface area contributed by atoms with Gasteiger partial charge in [0.25, 0.3) is 0 Å². The lowest BCUT2D eigenvalue weighted by atomic mass is 10.0. The number of benzene rings is 1. The minimum atomic E-state index is 0.234. The Bertz CT molecular complexity index is 451. The molecule has 0 N–H and O–H groups in total. The summed E-state index contributed by atoms with van der Waals surface area (Å²) in [5, 5.41) is 0. The summed E-state index contributed by atoms with van der Waals surface area (Å²) >= 11 is 0. The van der Waals surface area contributed by atoms with Crippen LogP contribution in [0.25, 0.3) is 0 Å². The van der Waals surface area contributed by atoms with E-state index >= 15 is 0 Å². The summed E-state index contributed by atoms with van der Waals surface area (Å²) in [7, 11) is 0. The van der Waals surface area contributed by atoms with Gasteiger partial charge in [-0.05, 0) is 43.9 Å². The van der Waals surface area contributed by atoms with Crippen LogP contribution in [0, 0.1) is 5.92 Å². The molecule has 1 amide bonds. The summed E-state index contributed by atoms with van der Waals surface area (Å²) in [4.78, 5) is 16.3. The molecule has 1 aliphatic rings. The summed E-state index contributed by atoms with van der Waals surface area (Å²) < 4.78 is 0. The van der Waals surface area contributed by atoms with E-state index in [4.69, 9.17) is 0 Å². The van der Waals surface area contributed by atoms with Crippen LogP contribution in [0.15, 0.2) is 24.3 Å². The molecule has 0 spiro atoms. The van der Waals surface area contributed by atoms with Gasteiger partial charge in [-0.25, -0.2) is 0 Å². The normalized spacial score (nSPS) is 16.4. The molecule has 0 unspecified atom stereocenters. The number of carbonyl (C=O) groups is 1. The van der Waals surface area contributed by atoms with Gasteiger partial charge in [-0.2, -0.15) is 0 Å². The maximum atomic E-state index is 12.1. The van der Waals surface area contributed by atoms with Crippen molar-refractivity contribution in [2.45, 2.75) is 40.2 Å². The first-order valence-electron chi connectivity index (χ1n) is 7.60. The van der Waals surface area contributed by atoms with Crippen LogP contribution in [0.2, 0.25) is 0 Å². The third-order valence-electron chi connectivity index (χ3n) is 3.83. The molecule has 1 aliphatic heterocycles. The molecule has 0 saturated carbocycles. The van der Waals surface area contributed by atoms with Gasteiger partial charge < -0.3 is 9.80 Å².